The molecule has 20 heavy (non-hydrogen) atoms. The van der Waals surface area contributed by atoms with E-state index >= 15 is 0 Å². The van der Waals surface area contributed by atoms with Crippen LogP contribution in [0.25, 0.3) is 0 Å². The van der Waals surface area contributed by atoms with Crippen LogP contribution in [0.5, 0.6) is 0 Å². The van der Waals surface area contributed by atoms with E-state index in [1.54, 1.807) is 0 Å². The Balaban J connectivity index is 2.00. The fourth-order valence-electron chi connectivity index (χ4n) is 3.54. The van der Waals surface area contributed by atoms with Crippen molar-refractivity contribution in [2.45, 2.75) is 66.0 Å². The quantitative estimate of drug-likeness (QED) is 0.656. The van der Waals surface area contributed by atoms with E-state index in [0.717, 1.165) is 12.5 Å². The van der Waals surface area contributed by atoms with Crippen LogP contribution in [0.4, 0.5) is 0 Å². The monoisotopic (exact) mass is 278 g/mol. The Morgan fingerprint density at radius 2 is 2.00 bits per heavy atom. The Labute approximate surface area is 123 Å². The van der Waals surface area contributed by atoms with E-state index in [1.165, 1.54) is 31.2 Å². The summed E-state index contributed by atoms with van der Waals surface area (Å²) in [7, 11) is 0. The van der Waals surface area contributed by atoms with Gasteiger partial charge in [-0.05, 0) is 49.9 Å². The second-order valence-corrected chi connectivity index (χ2v) is 7.25. The van der Waals surface area contributed by atoms with Gasteiger partial charge in [0.15, 0.2) is 0 Å². The Morgan fingerprint density at radius 3 is 2.45 bits per heavy atom. The minimum absolute atomic E-state index is 0.246. The zero-order valence-corrected chi connectivity index (χ0v) is 13.4. The predicted molar refractivity (Wildman–Crippen MR) is 82.9 cm³/mol. The lowest BCUT2D eigenvalue weighted by atomic mass is 9.68. The first-order valence-electron chi connectivity index (χ1n) is 7.94. The number of rotatable bonds is 4. The smallest absolute Gasteiger partial charge is 0.0538 e. The summed E-state index contributed by atoms with van der Waals surface area (Å²) < 4.78 is 1.97. The van der Waals surface area contributed by atoms with Gasteiger partial charge in [-0.1, -0.05) is 20.8 Å². The van der Waals surface area contributed by atoms with Crippen LogP contribution in [0.1, 0.15) is 65.0 Å². The number of hydrogen-bond donors (Lipinski definition) is 2. The summed E-state index contributed by atoms with van der Waals surface area (Å²) in [6, 6.07) is 0.246. The predicted octanol–water partition coefficient (Wildman–Crippen LogP) is 3.26. The van der Waals surface area contributed by atoms with Crippen LogP contribution in [0.15, 0.2) is 12.4 Å². The van der Waals surface area contributed by atoms with Gasteiger partial charge in [0.25, 0.3) is 0 Å². The van der Waals surface area contributed by atoms with Gasteiger partial charge in [-0.25, -0.2) is 0 Å². The fourth-order valence-corrected chi connectivity index (χ4v) is 3.54. The molecule has 1 fully saturated rings. The number of nitrogens with zero attached hydrogens (tertiary/aromatic N) is 2. The molecule has 4 nitrogen and oxygen atoms in total. The molecule has 4 heteroatoms. The third-order valence-electron chi connectivity index (χ3n) is 4.98. The van der Waals surface area contributed by atoms with Crippen LogP contribution in [0, 0.1) is 17.3 Å². The number of nitrogens with one attached hydrogen (secondary N) is 1. The van der Waals surface area contributed by atoms with Gasteiger partial charge in [0.2, 0.25) is 0 Å². The molecule has 1 aromatic rings. The van der Waals surface area contributed by atoms with E-state index < -0.39 is 0 Å². The molecule has 1 atom stereocenters. The first kappa shape index (κ1) is 15.5. The number of hydrazine groups is 1. The van der Waals surface area contributed by atoms with Gasteiger partial charge in [0.05, 0.1) is 12.2 Å². The molecule has 2 rings (SSSR count). The highest BCUT2D eigenvalue weighted by Crippen LogP contribution is 2.43. The van der Waals surface area contributed by atoms with Crippen molar-refractivity contribution < 1.29 is 0 Å². The number of nitrogens with two attached hydrogens (primary N) is 1. The molecule has 1 aliphatic rings. The molecule has 114 valence electrons. The lowest BCUT2D eigenvalue weighted by Gasteiger charge is -2.39. The van der Waals surface area contributed by atoms with Crippen molar-refractivity contribution >= 4 is 0 Å². The summed E-state index contributed by atoms with van der Waals surface area (Å²) >= 11 is 0. The maximum atomic E-state index is 5.82. The van der Waals surface area contributed by atoms with Crippen molar-refractivity contribution in [1.82, 2.24) is 15.2 Å². The van der Waals surface area contributed by atoms with Crippen molar-refractivity contribution in [3.63, 3.8) is 0 Å². The Kier molecular flexibility index (Phi) is 4.86. The van der Waals surface area contributed by atoms with Crippen LogP contribution < -0.4 is 11.3 Å². The van der Waals surface area contributed by atoms with Gasteiger partial charge in [0, 0.05) is 18.3 Å². The van der Waals surface area contributed by atoms with E-state index in [1.807, 2.05) is 10.9 Å². The van der Waals surface area contributed by atoms with Gasteiger partial charge in [-0.2, -0.15) is 5.10 Å². The molecule has 0 bridgehead atoms. The summed E-state index contributed by atoms with van der Waals surface area (Å²) in [4.78, 5) is 0. The van der Waals surface area contributed by atoms with Crippen LogP contribution in [0.2, 0.25) is 0 Å². The van der Waals surface area contributed by atoms with Crippen molar-refractivity contribution in [3.8, 4) is 0 Å². The third-order valence-corrected chi connectivity index (χ3v) is 4.98. The average molecular weight is 278 g/mol. The third kappa shape index (κ3) is 3.41. The van der Waals surface area contributed by atoms with Crippen LogP contribution in [-0.2, 0) is 6.54 Å². The number of aryl methyl sites for hydroxylation is 1. The van der Waals surface area contributed by atoms with E-state index in [2.05, 4.69) is 44.4 Å². The highest BCUT2D eigenvalue weighted by atomic mass is 15.3. The van der Waals surface area contributed by atoms with Crippen LogP contribution in [0.3, 0.4) is 0 Å². The highest BCUT2D eigenvalue weighted by molar-refractivity contribution is 5.12. The highest BCUT2D eigenvalue weighted by Gasteiger charge is 2.33. The summed E-state index contributed by atoms with van der Waals surface area (Å²) in [5.41, 5.74) is 4.69. The maximum absolute atomic E-state index is 5.82. The first-order valence-corrected chi connectivity index (χ1v) is 7.94. The molecule has 0 amide bonds. The molecular weight excluding hydrogens is 248 g/mol. The zero-order chi connectivity index (χ0) is 14.8. The normalized spacial score (nSPS) is 25.6. The Morgan fingerprint density at radius 1 is 1.35 bits per heavy atom. The second-order valence-electron chi connectivity index (χ2n) is 7.25. The molecule has 0 aliphatic heterocycles. The topological polar surface area (TPSA) is 55.9 Å². The summed E-state index contributed by atoms with van der Waals surface area (Å²) in [5, 5.41) is 4.37. The summed E-state index contributed by atoms with van der Waals surface area (Å²) in [5.74, 6) is 7.30. The first-order chi connectivity index (χ1) is 9.45. The Bertz CT molecular complexity index is 410. The standard InChI is InChI=1S/C16H30N4/c1-5-20-11-13(10-18-20)15(19-17)12-6-8-14(9-7-12)16(2,3)4/h10-12,14-15,19H,5-9,17H2,1-4H3. The molecule has 1 aliphatic carbocycles. The summed E-state index contributed by atoms with van der Waals surface area (Å²) in [6.45, 7) is 10.1. The molecule has 0 saturated heterocycles. The van der Waals surface area contributed by atoms with Gasteiger partial charge >= 0.3 is 0 Å². The van der Waals surface area contributed by atoms with Gasteiger partial charge in [-0.3, -0.25) is 16.0 Å². The van der Waals surface area contributed by atoms with E-state index in [0.29, 0.717) is 11.3 Å². The molecule has 1 aromatic heterocycles. The number of hydrogen-bond acceptors (Lipinski definition) is 3. The fraction of sp³-hybridized carbons (Fsp3) is 0.812. The lowest BCUT2D eigenvalue weighted by molar-refractivity contribution is 0.132. The zero-order valence-electron chi connectivity index (χ0n) is 13.4. The summed E-state index contributed by atoms with van der Waals surface area (Å²) in [6.07, 6.45) is 9.23. The van der Waals surface area contributed by atoms with Crippen molar-refractivity contribution in [3.05, 3.63) is 18.0 Å². The average Bonchev–Trinajstić information content (AvgIpc) is 2.88. The minimum Gasteiger partial charge on any atom is -0.273 e. The SMILES string of the molecule is CCn1cc(C(NN)C2CCC(C(C)(C)C)CC2)cn1. The van der Waals surface area contributed by atoms with Crippen molar-refractivity contribution in [2.75, 3.05) is 0 Å². The molecular formula is C16H30N4. The van der Waals surface area contributed by atoms with Gasteiger partial charge < -0.3 is 0 Å². The van der Waals surface area contributed by atoms with Crippen LogP contribution >= 0.6 is 0 Å². The van der Waals surface area contributed by atoms with E-state index in [-0.39, 0.29) is 6.04 Å². The Hall–Kier alpha value is -0.870. The molecule has 1 heterocycles. The largest absolute Gasteiger partial charge is 0.273 e. The van der Waals surface area contributed by atoms with E-state index in [9.17, 15) is 0 Å². The van der Waals surface area contributed by atoms with E-state index in [4.69, 9.17) is 5.84 Å². The molecule has 0 spiro atoms. The molecule has 3 N–H and O–H groups in total. The second kappa shape index (κ2) is 6.27. The van der Waals surface area contributed by atoms with Crippen molar-refractivity contribution in [1.29, 1.82) is 0 Å². The van der Waals surface area contributed by atoms with Gasteiger partial charge in [-0.15, -0.1) is 0 Å². The number of aromatic nitrogens is 2. The van der Waals surface area contributed by atoms with Gasteiger partial charge in [0.1, 0.15) is 0 Å². The molecule has 1 unspecified atom stereocenters. The minimum atomic E-state index is 0.246. The van der Waals surface area contributed by atoms with Crippen molar-refractivity contribution in [2.24, 2.45) is 23.1 Å². The lowest BCUT2D eigenvalue weighted by Crippen LogP contribution is -2.36. The molecule has 1 saturated carbocycles. The molecule has 0 aromatic carbocycles. The maximum Gasteiger partial charge on any atom is 0.0538 e. The molecule has 0 radical (unpaired) electrons. The van der Waals surface area contributed by atoms with Crippen LogP contribution in [-0.4, -0.2) is 9.78 Å².